The number of halogens is 6. The molecule has 0 spiro atoms. The Hall–Kier alpha value is -2.80. The number of anilines is 1. The quantitative estimate of drug-likeness (QED) is 0.505. The van der Waals surface area contributed by atoms with Gasteiger partial charge in [-0.25, -0.2) is 13.1 Å². The molecule has 1 heterocycles. The summed E-state index contributed by atoms with van der Waals surface area (Å²) in [5, 5.41) is 0. The van der Waals surface area contributed by atoms with Crippen LogP contribution >= 0.6 is 0 Å². The standard InChI is InChI=1S/C19H16F6N2O4S/c20-18(21,22)13-2-1-3-14(11-13)31-9-7-26-32(29,30)15-4-5-16-12(10-15)6-8-27(16)17(28)19(23,24)25/h1-5,10-11,26H,6-9H2. The maximum absolute atomic E-state index is 12.7. The Morgan fingerprint density at radius 1 is 1.06 bits per heavy atom. The van der Waals surface area contributed by atoms with Gasteiger partial charge in [0.15, 0.2) is 0 Å². The fraction of sp³-hybridized carbons (Fsp3) is 0.316. The molecule has 0 aromatic heterocycles. The summed E-state index contributed by atoms with van der Waals surface area (Å²) in [4.78, 5) is 11.8. The molecule has 0 fully saturated rings. The third kappa shape index (κ3) is 5.33. The molecule has 1 aliphatic heterocycles. The van der Waals surface area contributed by atoms with Gasteiger partial charge < -0.3 is 9.64 Å². The average molecular weight is 482 g/mol. The third-order valence-corrected chi connectivity index (χ3v) is 6.03. The lowest BCUT2D eigenvalue weighted by Crippen LogP contribution is -2.40. The Kier molecular flexibility index (Phi) is 6.43. The van der Waals surface area contributed by atoms with Crippen molar-refractivity contribution in [1.82, 2.24) is 4.72 Å². The fourth-order valence-corrected chi connectivity index (χ4v) is 4.16. The van der Waals surface area contributed by atoms with Crippen LogP contribution in [0.4, 0.5) is 32.0 Å². The van der Waals surface area contributed by atoms with Crippen LogP contribution in [0.2, 0.25) is 0 Å². The van der Waals surface area contributed by atoms with Crippen molar-refractivity contribution in [3.8, 4) is 5.75 Å². The van der Waals surface area contributed by atoms with Gasteiger partial charge in [0.2, 0.25) is 10.0 Å². The highest BCUT2D eigenvalue weighted by atomic mass is 32.2. The molecule has 6 nitrogen and oxygen atoms in total. The number of sulfonamides is 1. The fourth-order valence-electron chi connectivity index (χ4n) is 3.10. The highest BCUT2D eigenvalue weighted by molar-refractivity contribution is 7.89. The lowest BCUT2D eigenvalue weighted by atomic mass is 10.2. The summed E-state index contributed by atoms with van der Waals surface area (Å²) in [6.45, 7) is -0.761. The van der Waals surface area contributed by atoms with Crippen LogP contribution < -0.4 is 14.4 Å². The number of rotatable bonds is 6. The smallest absolute Gasteiger partial charge is 0.471 e. The molecule has 2 aromatic rings. The summed E-state index contributed by atoms with van der Waals surface area (Å²) in [7, 11) is -4.07. The number of hydrogen-bond donors (Lipinski definition) is 1. The van der Waals surface area contributed by atoms with Crippen molar-refractivity contribution in [3.05, 3.63) is 53.6 Å². The van der Waals surface area contributed by atoms with E-state index >= 15 is 0 Å². The maximum Gasteiger partial charge on any atom is 0.471 e. The van der Waals surface area contributed by atoms with Crippen LogP contribution in [0, 0.1) is 0 Å². The van der Waals surface area contributed by atoms with Crippen LogP contribution in [0.3, 0.4) is 0 Å². The van der Waals surface area contributed by atoms with Gasteiger partial charge in [-0.2, -0.15) is 26.3 Å². The second kappa shape index (κ2) is 8.62. The molecule has 13 heteroatoms. The summed E-state index contributed by atoms with van der Waals surface area (Å²) in [5.41, 5.74) is -0.656. The van der Waals surface area contributed by atoms with Crippen molar-refractivity contribution in [2.75, 3.05) is 24.6 Å². The van der Waals surface area contributed by atoms with Crippen LogP contribution in [0.5, 0.6) is 5.75 Å². The summed E-state index contributed by atoms with van der Waals surface area (Å²) in [6, 6.07) is 7.46. The third-order valence-electron chi connectivity index (χ3n) is 4.57. The first kappa shape index (κ1) is 23.9. The first-order valence-corrected chi connectivity index (χ1v) is 10.6. The minimum Gasteiger partial charge on any atom is -0.492 e. The number of carbonyl (C=O) groups excluding carboxylic acids is 1. The number of amides is 1. The van der Waals surface area contributed by atoms with Gasteiger partial charge in [-0.15, -0.1) is 0 Å². The molecule has 0 radical (unpaired) electrons. The van der Waals surface area contributed by atoms with Gasteiger partial charge in [0.1, 0.15) is 12.4 Å². The van der Waals surface area contributed by atoms with Crippen molar-refractivity contribution in [3.63, 3.8) is 0 Å². The molecule has 0 aliphatic carbocycles. The van der Waals surface area contributed by atoms with Crippen molar-refractivity contribution in [2.24, 2.45) is 0 Å². The van der Waals surface area contributed by atoms with E-state index < -0.39 is 33.8 Å². The number of hydrogen-bond acceptors (Lipinski definition) is 4. The molecule has 0 unspecified atom stereocenters. The Balaban J connectivity index is 1.62. The van der Waals surface area contributed by atoms with Gasteiger partial charge >= 0.3 is 18.3 Å². The van der Waals surface area contributed by atoms with E-state index in [1.807, 2.05) is 0 Å². The zero-order valence-electron chi connectivity index (χ0n) is 16.1. The first-order chi connectivity index (χ1) is 14.8. The van der Waals surface area contributed by atoms with Crippen LogP contribution in [0.15, 0.2) is 47.4 Å². The van der Waals surface area contributed by atoms with Gasteiger partial charge in [0.05, 0.1) is 10.5 Å². The predicted octanol–water partition coefficient (Wildman–Crippen LogP) is 3.51. The maximum atomic E-state index is 12.7. The average Bonchev–Trinajstić information content (AvgIpc) is 3.12. The van der Waals surface area contributed by atoms with Gasteiger partial charge in [0, 0.05) is 18.8 Å². The molecular weight excluding hydrogens is 466 g/mol. The van der Waals surface area contributed by atoms with Crippen LogP contribution in [-0.4, -0.2) is 40.2 Å². The largest absolute Gasteiger partial charge is 0.492 e. The summed E-state index contributed by atoms with van der Waals surface area (Å²) in [5.74, 6) is -2.12. The van der Waals surface area contributed by atoms with E-state index in [1.54, 1.807) is 0 Å². The number of nitrogens with zero attached hydrogens (tertiary/aromatic N) is 1. The second-order valence-corrected chi connectivity index (χ2v) is 8.53. The minimum atomic E-state index is -5.05. The first-order valence-electron chi connectivity index (χ1n) is 9.10. The summed E-state index contributed by atoms with van der Waals surface area (Å²) in [6.07, 6.45) is -9.54. The van der Waals surface area contributed by atoms with Crippen LogP contribution in [-0.2, 0) is 27.4 Å². The number of carbonyl (C=O) groups is 1. The van der Waals surface area contributed by atoms with Gasteiger partial charge in [-0.3, -0.25) is 4.79 Å². The normalized spacial score (nSPS) is 14.4. The molecule has 0 saturated heterocycles. The Bertz CT molecular complexity index is 1120. The van der Waals surface area contributed by atoms with E-state index in [4.69, 9.17) is 4.74 Å². The van der Waals surface area contributed by atoms with Crippen molar-refractivity contribution in [1.29, 1.82) is 0 Å². The summed E-state index contributed by atoms with van der Waals surface area (Å²) >= 11 is 0. The highest BCUT2D eigenvalue weighted by Crippen LogP contribution is 2.33. The zero-order chi connectivity index (χ0) is 23.7. The molecule has 0 atom stereocenters. The topological polar surface area (TPSA) is 75.7 Å². The molecule has 32 heavy (non-hydrogen) atoms. The molecule has 0 bridgehead atoms. The molecule has 1 aliphatic rings. The van der Waals surface area contributed by atoms with Crippen molar-refractivity contribution >= 4 is 21.6 Å². The number of alkyl halides is 6. The van der Waals surface area contributed by atoms with Gasteiger partial charge in [-0.1, -0.05) is 6.07 Å². The summed E-state index contributed by atoms with van der Waals surface area (Å²) < 4.78 is 108. The molecular formula is C19H16F6N2O4S. The number of fused-ring (bicyclic) bond motifs is 1. The number of benzene rings is 2. The Morgan fingerprint density at radius 3 is 2.44 bits per heavy atom. The Morgan fingerprint density at radius 2 is 1.78 bits per heavy atom. The molecule has 0 saturated carbocycles. The van der Waals surface area contributed by atoms with Crippen molar-refractivity contribution < 1.29 is 44.3 Å². The molecule has 2 aromatic carbocycles. The van der Waals surface area contributed by atoms with E-state index in [0.29, 0.717) is 4.90 Å². The SMILES string of the molecule is O=C(N1CCc2cc(S(=O)(=O)NCCOc3cccc(C(F)(F)F)c3)ccc21)C(F)(F)F. The molecule has 1 N–H and O–H groups in total. The number of ether oxygens (including phenoxy) is 1. The van der Waals surface area contributed by atoms with Gasteiger partial charge in [0.25, 0.3) is 0 Å². The molecule has 3 rings (SSSR count). The van der Waals surface area contributed by atoms with Crippen molar-refractivity contribution in [2.45, 2.75) is 23.7 Å². The monoisotopic (exact) mass is 482 g/mol. The molecule has 1 amide bonds. The van der Waals surface area contributed by atoms with E-state index in [1.165, 1.54) is 12.1 Å². The lowest BCUT2D eigenvalue weighted by molar-refractivity contribution is -0.170. The van der Waals surface area contributed by atoms with Crippen LogP contribution in [0.1, 0.15) is 11.1 Å². The van der Waals surface area contributed by atoms with E-state index in [0.717, 1.165) is 30.3 Å². The van der Waals surface area contributed by atoms with Gasteiger partial charge in [-0.05, 0) is 48.4 Å². The molecule has 174 valence electrons. The second-order valence-electron chi connectivity index (χ2n) is 6.77. The number of nitrogens with one attached hydrogen (secondary N) is 1. The van der Waals surface area contributed by atoms with E-state index in [2.05, 4.69) is 4.72 Å². The highest BCUT2D eigenvalue weighted by Gasteiger charge is 2.44. The Labute approximate surface area is 178 Å². The predicted molar refractivity (Wildman–Crippen MR) is 101 cm³/mol. The van der Waals surface area contributed by atoms with E-state index in [9.17, 15) is 39.6 Å². The van der Waals surface area contributed by atoms with E-state index in [-0.39, 0.29) is 48.0 Å². The van der Waals surface area contributed by atoms with Crippen LogP contribution in [0.25, 0.3) is 0 Å². The minimum absolute atomic E-state index is 0.0147. The zero-order valence-corrected chi connectivity index (χ0v) is 16.9. The lowest BCUT2D eigenvalue weighted by Gasteiger charge is -2.19.